The smallest absolute Gasteiger partial charge is 0.0708 e. The molecule has 2 aliphatic rings. The van der Waals surface area contributed by atoms with Crippen molar-refractivity contribution in [1.82, 2.24) is 5.32 Å². The number of aliphatic hydroxyl groups excluding tert-OH is 1. The fraction of sp³-hybridized carbons (Fsp3) is 0.882. The predicted molar refractivity (Wildman–Crippen MR) is 163 cm³/mol. The van der Waals surface area contributed by atoms with Gasteiger partial charge in [-0.1, -0.05) is 98.5 Å². The zero-order valence-corrected chi connectivity index (χ0v) is 26.3. The lowest BCUT2D eigenvalue weighted by Gasteiger charge is -2.47. The van der Waals surface area contributed by atoms with Crippen molar-refractivity contribution in [3.05, 3.63) is 23.8 Å². The van der Waals surface area contributed by atoms with Crippen LogP contribution in [-0.2, 0) is 4.74 Å². The molecular weight excluding hydrogens is 454 g/mol. The van der Waals surface area contributed by atoms with E-state index in [1.165, 1.54) is 49.7 Å². The molecule has 0 aromatic rings. The Morgan fingerprint density at radius 3 is 2.57 bits per heavy atom. The fourth-order valence-electron chi connectivity index (χ4n) is 6.71. The summed E-state index contributed by atoms with van der Waals surface area (Å²) in [6, 6.07) is 0. The topological polar surface area (TPSA) is 41.5 Å². The minimum absolute atomic E-state index is 0.00589. The Bertz CT molecular complexity index is 658. The molecule has 2 rings (SSSR count). The molecule has 0 saturated heterocycles. The first-order chi connectivity index (χ1) is 17.7. The summed E-state index contributed by atoms with van der Waals surface area (Å²) in [6.45, 7) is 25.4. The molecule has 0 heterocycles. The molecule has 37 heavy (non-hydrogen) atoms. The third kappa shape index (κ3) is 10.5. The highest BCUT2D eigenvalue weighted by Crippen LogP contribution is 2.52. The Morgan fingerprint density at radius 1 is 1.19 bits per heavy atom. The largest absolute Gasteiger partial charge is 0.393 e. The molecular formula is C34H65NO2. The van der Waals surface area contributed by atoms with Crippen molar-refractivity contribution in [1.29, 1.82) is 0 Å². The van der Waals surface area contributed by atoms with Gasteiger partial charge in [0.15, 0.2) is 0 Å². The molecule has 0 aliphatic heterocycles. The van der Waals surface area contributed by atoms with Crippen LogP contribution in [0.2, 0.25) is 0 Å². The highest BCUT2D eigenvalue weighted by atomic mass is 16.5. The summed E-state index contributed by atoms with van der Waals surface area (Å²) < 4.78 is 6.74. The highest BCUT2D eigenvalue weighted by molar-refractivity contribution is 5.23. The highest BCUT2D eigenvalue weighted by Gasteiger charge is 2.42. The molecule has 0 aromatic carbocycles. The molecule has 1 fully saturated rings. The van der Waals surface area contributed by atoms with E-state index in [0.29, 0.717) is 11.8 Å². The number of fused-ring (bicyclic) bond motifs is 1. The van der Waals surface area contributed by atoms with E-state index in [9.17, 15) is 5.11 Å². The van der Waals surface area contributed by atoms with Gasteiger partial charge >= 0.3 is 0 Å². The zero-order chi connectivity index (χ0) is 27.9. The summed E-state index contributed by atoms with van der Waals surface area (Å²) in [5, 5.41) is 13.8. The van der Waals surface area contributed by atoms with Crippen LogP contribution in [0.4, 0.5) is 0 Å². The van der Waals surface area contributed by atoms with Gasteiger partial charge in [-0.3, -0.25) is 0 Å². The summed E-state index contributed by atoms with van der Waals surface area (Å²) in [5.41, 5.74) is 3.21. The van der Waals surface area contributed by atoms with Crippen LogP contribution in [0.25, 0.3) is 0 Å². The van der Waals surface area contributed by atoms with Crippen LogP contribution in [0.1, 0.15) is 139 Å². The van der Waals surface area contributed by atoms with Gasteiger partial charge in [0.1, 0.15) is 0 Å². The first kappa shape index (κ1) is 34.4. The Balaban J connectivity index is 0.00000334. The Kier molecular flexibility index (Phi) is 16.6. The summed E-state index contributed by atoms with van der Waals surface area (Å²) in [7, 11) is 0. The lowest BCUT2D eigenvalue weighted by Crippen LogP contribution is -2.41. The van der Waals surface area contributed by atoms with Gasteiger partial charge in [0.2, 0.25) is 0 Å². The van der Waals surface area contributed by atoms with Gasteiger partial charge in [0.25, 0.3) is 0 Å². The Morgan fingerprint density at radius 2 is 1.92 bits per heavy atom. The van der Waals surface area contributed by atoms with E-state index in [2.05, 4.69) is 59.5 Å². The second-order valence-corrected chi connectivity index (χ2v) is 12.3. The maximum absolute atomic E-state index is 10.2. The van der Waals surface area contributed by atoms with Gasteiger partial charge in [0.05, 0.1) is 18.3 Å². The number of nitrogens with one attached hydrogen (secondary N) is 1. The minimum Gasteiger partial charge on any atom is -0.393 e. The number of hydrogen-bond donors (Lipinski definition) is 2. The average Bonchev–Trinajstić information content (AvgIpc) is 2.89. The second-order valence-electron chi connectivity index (χ2n) is 12.3. The molecule has 218 valence electrons. The van der Waals surface area contributed by atoms with E-state index in [1.807, 2.05) is 13.8 Å². The van der Waals surface area contributed by atoms with Crippen molar-refractivity contribution in [2.75, 3.05) is 19.7 Å². The predicted octanol–water partition coefficient (Wildman–Crippen LogP) is 9.25. The van der Waals surface area contributed by atoms with Gasteiger partial charge in [-0.2, -0.15) is 0 Å². The van der Waals surface area contributed by atoms with Crippen molar-refractivity contribution in [2.24, 2.45) is 23.2 Å². The maximum Gasteiger partial charge on any atom is 0.0708 e. The van der Waals surface area contributed by atoms with Gasteiger partial charge in [-0.05, 0) is 93.9 Å². The van der Waals surface area contributed by atoms with Crippen LogP contribution in [0.15, 0.2) is 23.8 Å². The SMILES string of the molecule is C=C(CCCC(CCC)(OCCNC[C@@H](C)CC)C(C)CC)CC1CCC=C2CC(O)CCC21C.CC. The maximum atomic E-state index is 10.2. The molecule has 5 unspecified atom stereocenters. The molecule has 3 heteroatoms. The third-order valence-electron chi connectivity index (χ3n) is 9.70. The van der Waals surface area contributed by atoms with Gasteiger partial charge in [-0.15, -0.1) is 0 Å². The van der Waals surface area contributed by atoms with Crippen molar-refractivity contribution in [3.8, 4) is 0 Å². The first-order valence-corrected chi connectivity index (χ1v) is 16.1. The van der Waals surface area contributed by atoms with E-state index in [-0.39, 0.29) is 17.1 Å². The zero-order valence-electron chi connectivity index (χ0n) is 26.3. The molecule has 0 amide bonds. The van der Waals surface area contributed by atoms with Crippen molar-refractivity contribution >= 4 is 0 Å². The molecule has 0 aromatic heterocycles. The van der Waals surface area contributed by atoms with Crippen LogP contribution in [0.5, 0.6) is 0 Å². The van der Waals surface area contributed by atoms with E-state index in [1.54, 1.807) is 0 Å². The molecule has 6 atom stereocenters. The van der Waals surface area contributed by atoms with E-state index >= 15 is 0 Å². The number of ether oxygens (including phenoxy) is 1. The molecule has 2 N–H and O–H groups in total. The third-order valence-corrected chi connectivity index (χ3v) is 9.70. The van der Waals surface area contributed by atoms with Gasteiger partial charge in [0, 0.05) is 6.54 Å². The molecule has 1 saturated carbocycles. The number of hydrogen-bond acceptors (Lipinski definition) is 3. The van der Waals surface area contributed by atoms with Crippen LogP contribution in [0, 0.1) is 23.2 Å². The number of rotatable bonds is 17. The Labute approximate surface area is 232 Å². The van der Waals surface area contributed by atoms with Crippen LogP contribution in [-0.4, -0.2) is 36.5 Å². The van der Waals surface area contributed by atoms with Gasteiger partial charge in [-0.25, -0.2) is 0 Å². The van der Waals surface area contributed by atoms with E-state index in [0.717, 1.165) is 70.6 Å². The van der Waals surface area contributed by atoms with E-state index in [4.69, 9.17) is 4.74 Å². The molecule has 0 radical (unpaired) electrons. The fourth-order valence-corrected chi connectivity index (χ4v) is 6.71. The average molecular weight is 520 g/mol. The summed E-state index contributed by atoms with van der Waals surface area (Å²) in [5.74, 6) is 1.99. The summed E-state index contributed by atoms with van der Waals surface area (Å²) >= 11 is 0. The van der Waals surface area contributed by atoms with Gasteiger partial charge < -0.3 is 15.2 Å². The van der Waals surface area contributed by atoms with Crippen LogP contribution < -0.4 is 5.32 Å². The quantitative estimate of drug-likeness (QED) is 0.149. The van der Waals surface area contributed by atoms with E-state index < -0.39 is 0 Å². The van der Waals surface area contributed by atoms with Crippen molar-refractivity contribution < 1.29 is 9.84 Å². The van der Waals surface area contributed by atoms with Crippen molar-refractivity contribution in [3.63, 3.8) is 0 Å². The lowest BCUT2D eigenvalue weighted by atomic mass is 9.58. The standard InChI is InChI=1S/C32H59NO2.C2H6/c1-8-17-32(27(6)10-3,35-21-20-33-24-25(4)9-2)18-12-13-26(5)22-28-14-11-15-29-23-30(34)16-19-31(28,29)7;1-2/h15,25,27-28,30,33-34H,5,8-14,16-24H2,1-4,6-7H3;1-2H3/t25-,27?,28?,30?,31?,32?;/m0./s1. The van der Waals surface area contributed by atoms with Crippen LogP contribution in [0.3, 0.4) is 0 Å². The first-order valence-electron chi connectivity index (χ1n) is 16.1. The molecule has 0 bridgehead atoms. The number of allylic oxidation sites excluding steroid dienone is 2. The second kappa shape index (κ2) is 17.9. The number of aliphatic hydroxyl groups is 1. The molecule has 3 nitrogen and oxygen atoms in total. The minimum atomic E-state index is -0.131. The monoisotopic (exact) mass is 520 g/mol. The summed E-state index contributed by atoms with van der Waals surface area (Å²) in [4.78, 5) is 0. The normalized spacial score (nSPS) is 26.7. The Hall–Kier alpha value is -0.640. The van der Waals surface area contributed by atoms with Crippen molar-refractivity contribution in [2.45, 2.75) is 151 Å². The molecule has 2 aliphatic carbocycles. The molecule has 0 spiro atoms. The lowest BCUT2D eigenvalue weighted by molar-refractivity contribution is -0.0952. The summed E-state index contributed by atoms with van der Waals surface area (Å²) in [6.07, 6.45) is 17.0. The van der Waals surface area contributed by atoms with Crippen LogP contribution >= 0.6 is 0 Å².